The van der Waals surface area contributed by atoms with E-state index in [0.717, 1.165) is 25.3 Å². The number of hydrogen-bond donors (Lipinski definition) is 1. The van der Waals surface area contributed by atoms with Crippen LogP contribution in [-0.4, -0.2) is 48.7 Å². The molecule has 122 valence electrons. The maximum Gasteiger partial charge on any atom is 0.326 e. The number of carbonyl (C=O) groups is 1. The topological polar surface area (TPSA) is 41.6 Å². The minimum Gasteiger partial charge on any atom is -0.465 e. The van der Waals surface area contributed by atoms with Gasteiger partial charge < -0.3 is 9.64 Å². The predicted molar refractivity (Wildman–Crippen MR) is 85.2 cm³/mol. The molecule has 2 aliphatic carbocycles. The van der Waals surface area contributed by atoms with Crippen LogP contribution in [0.15, 0.2) is 0 Å². The minimum absolute atomic E-state index is 0.0882. The summed E-state index contributed by atoms with van der Waals surface area (Å²) in [4.78, 5) is 14.7. The average Bonchev–Trinajstić information content (AvgIpc) is 3.31. The van der Waals surface area contributed by atoms with Crippen molar-refractivity contribution in [2.75, 3.05) is 20.2 Å². The molecule has 0 aliphatic heterocycles. The summed E-state index contributed by atoms with van der Waals surface area (Å²) < 4.78 is 5.27. The molecule has 4 heteroatoms. The molecule has 2 atom stereocenters. The maximum absolute atomic E-state index is 12.3. The van der Waals surface area contributed by atoms with E-state index in [2.05, 4.69) is 24.2 Å². The van der Waals surface area contributed by atoms with Crippen molar-refractivity contribution in [3.05, 3.63) is 0 Å². The second-order valence-electron chi connectivity index (χ2n) is 7.13. The van der Waals surface area contributed by atoms with Crippen molar-refractivity contribution in [2.45, 2.75) is 76.9 Å². The standard InChI is InChI=1S/C17H32N2O2/c1-5-21-16(20)17(3,18-15-9-10-15)11-6-12-19(4)13(2)14-7-8-14/h13-15,18H,5-12H2,1-4H3. The van der Waals surface area contributed by atoms with Gasteiger partial charge >= 0.3 is 5.97 Å². The van der Waals surface area contributed by atoms with Crippen LogP contribution in [0.1, 0.15) is 59.3 Å². The van der Waals surface area contributed by atoms with Gasteiger partial charge in [-0.05, 0) is 78.8 Å². The molecule has 0 spiro atoms. The molecular weight excluding hydrogens is 264 g/mol. The lowest BCUT2D eigenvalue weighted by molar-refractivity contribution is -0.151. The molecule has 4 nitrogen and oxygen atoms in total. The molecule has 0 aromatic heterocycles. The average molecular weight is 296 g/mol. The van der Waals surface area contributed by atoms with E-state index in [4.69, 9.17) is 4.74 Å². The Morgan fingerprint density at radius 1 is 1.38 bits per heavy atom. The zero-order chi connectivity index (χ0) is 15.5. The largest absolute Gasteiger partial charge is 0.465 e. The summed E-state index contributed by atoms with van der Waals surface area (Å²) in [5.74, 6) is 0.811. The van der Waals surface area contributed by atoms with Gasteiger partial charge in [0.2, 0.25) is 0 Å². The normalized spacial score (nSPS) is 22.9. The summed E-state index contributed by atoms with van der Waals surface area (Å²) in [7, 11) is 2.21. The lowest BCUT2D eigenvalue weighted by Crippen LogP contribution is -2.52. The van der Waals surface area contributed by atoms with Crippen molar-refractivity contribution in [1.82, 2.24) is 10.2 Å². The maximum atomic E-state index is 12.3. The van der Waals surface area contributed by atoms with Gasteiger partial charge in [0.05, 0.1) is 6.61 Å². The Morgan fingerprint density at radius 3 is 2.57 bits per heavy atom. The van der Waals surface area contributed by atoms with Crippen molar-refractivity contribution >= 4 is 5.97 Å². The van der Waals surface area contributed by atoms with Crippen LogP contribution in [-0.2, 0) is 9.53 Å². The van der Waals surface area contributed by atoms with Crippen LogP contribution >= 0.6 is 0 Å². The molecule has 0 radical (unpaired) electrons. The van der Waals surface area contributed by atoms with E-state index >= 15 is 0 Å². The lowest BCUT2D eigenvalue weighted by atomic mass is 9.95. The second kappa shape index (κ2) is 7.10. The molecule has 0 saturated heterocycles. The quantitative estimate of drug-likeness (QED) is 0.629. The van der Waals surface area contributed by atoms with Crippen molar-refractivity contribution in [3.8, 4) is 0 Å². The molecule has 2 fully saturated rings. The molecule has 0 bridgehead atoms. The molecule has 21 heavy (non-hydrogen) atoms. The fraction of sp³-hybridized carbons (Fsp3) is 0.941. The van der Waals surface area contributed by atoms with E-state index in [1.54, 1.807) is 0 Å². The number of hydrogen-bond acceptors (Lipinski definition) is 4. The lowest BCUT2D eigenvalue weighted by Gasteiger charge is -2.30. The summed E-state index contributed by atoms with van der Waals surface area (Å²) in [6, 6.07) is 1.19. The number of ether oxygens (including phenoxy) is 1. The van der Waals surface area contributed by atoms with E-state index < -0.39 is 5.54 Å². The first kappa shape index (κ1) is 16.8. The Bertz CT molecular complexity index is 353. The van der Waals surface area contributed by atoms with E-state index in [0.29, 0.717) is 18.7 Å². The Balaban J connectivity index is 1.78. The van der Waals surface area contributed by atoms with Gasteiger partial charge in [-0.3, -0.25) is 10.1 Å². The smallest absolute Gasteiger partial charge is 0.326 e. The van der Waals surface area contributed by atoms with Gasteiger partial charge in [-0.1, -0.05) is 0 Å². The van der Waals surface area contributed by atoms with Crippen LogP contribution < -0.4 is 5.32 Å². The fourth-order valence-corrected chi connectivity index (χ4v) is 3.03. The molecule has 0 heterocycles. The highest BCUT2D eigenvalue weighted by Crippen LogP contribution is 2.34. The zero-order valence-electron chi connectivity index (χ0n) is 14.2. The molecule has 0 amide bonds. The number of nitrogens with zero attached hydrogens (tertiary/aromatic N) is 1. The van der Waals surface area contributed by atoms with Gasteiger partial charge in [0.25, 0.3) is 0 Å². The fourth-order valence-electron chi connectivity index (χ4n) is 3.03. The second-order valence-corrected chi connectivity index (χ2v) is 7.13. The zero-order valence-corrected chi connectivity index (χ0v) is 14.2. The number of carbonyl (C=O) groups excluding carboxylic acids is 1. The third-order valence-electron chi connectivity index (χ3n) is 5.01. The summed E-state index contributed by atoms with van der Waals surface area (Å²) in [6.07, 6.45) is 7.03. The van der Waals surface area contributed by atoms with Crippen molar-refractivity contribution in [3.63, 3.8) is 0 Å². The Labute approximate surface area is 129 Å². The van der Waals surface area contributed by atoms with E-state index in [1.165, 1.54) is 25.7 Å². The van der Waals surface area contributed by atoms with Crippen LogP contribution in [0.3, 0.4) is 0 Å². The van der Waals surface area contributed by atoms with Crippen LogP contribution in [0.25, 0.3) is 0 Å². The Morgan fingerprint density at radius 2 is 2.05 bits per heavy atom. The first-order valence-electron chi connectivity index (χ1n) is 8.61. The van der Waals surface area contributed by atoms with Crippen LogP contribution in [0.2, 0.25) is 0 Å². The van der Waals surface area contributed by atoms with E-state index in [9.17, 15) is 4.79 Å². The number of esters is 1. The number of nitrogens with one attached hydrogen (secondary N) is 1. The predicted octanol–water partition coefficient (Wildman–Crippen LogP) is 2.57. The molecular formula is C17H32N2O2. The highest BCUT2D eigenvalue weighted by Gasteiger charge is 2.39. The van der Waals surface area contributed by atoms with Gasteiger partial charge in [-0.2, -0.15) is 0 Å². The van der Waals surface area contributed by atoms with Gasteiger partial charge in [-0.25, -0.2) is 0 Å². The summed E-state index contributed by atoms with van der Waals surface area (Å²) in [5.41, 5.74) is -0.513. The summed E-state index contributed by atoms with van der Waals surface area (Å²) in [5, 5.41) is 3.50. The molecule has 0 aromatic rings. The third-order valence-corrected chi connectivity index (χ3v) is 5.01. The van der Waals surface area contributed by atoms with E-state index in [1.807, 2.05) is 13.8 Å². The molecule has 2 saturated carbocycles. The summed E-state index contributed by atoms with van der Waals surface area (Å²) >= 11 is 0. The highest BCUT2D eigenvalue weighted by atomic mass is 16.5. The monoisotopic (exact) mass is 296 g/mol. The van der Waals surface area contributed by atoms with Gasteiger partial charge in [0.15, 0.2) is 0 Å². The van der Waals surface area contributed by atoms with Gasteiger partial charge in [0.1, 0.15) is 5.54 Å². The molecule has 1 N–H and O–H groups in total. The van der Waals surface area contributed by atoms with Crippen molar-refractivity contribution in [1.29, 1.82) is 0 Å². The molecule has 0 aromatic carbocycles. The first-order chi connectivity index (χ1) is 9.96. The van der Waals surface area contributed by atoms with Crippen LogP contribution in [0.5, 0.6) is 0 Å². The minimum atomic E-state index is -0.513. The SMILES string of the molecule is CCOC(=O)C(C)(CCCN(C)C(C)C1CC1)NC1CC1. The van der Waals surface area contributed by atoms with Crippen molar-refractivity contribution in [2.24, 2.45) is 5.92 Å². The van der Waals surface area contributed by atoms with Gasteiger partial charge in [0, 0.05) is 12.1 Å². The van der Waals surface area contributed by atoms with Crippen LogP contribution in [0.4, 0.5) is 0 Å². The molecule has 2 rings (SSSR count). The van der Waals surface area contributed by atoms with Gasteiger partial charge in [-0.15, -0.1) is 0 Å². The highest BCUT2D eigenvalue weighted by molar-refractivity contribution is 5.80. The van der Waals surface area contributed by atoms with E-state index in [-0.39, 0.29) is 5.97 Å². The summed E-state index contributed by atoms with van der Waals surface area (Å²) in [6.45, 7) is 7.72. The molecule has 2 unspecified atom stereocenters. The number of rotatable bonds is 10. The Kier molecular flexibility index (Phi) is 5.67. The van der Waals surface area contributed by atoms with Crippen molar-refractivity contribution < 1.29 is 9.53 Å². The third kappa shape index (κ3) is 4.96. The van der Waals surface area contributed by atoms with Crippen LogP contribution in [0, 0.1) is 5.92 Å². The first-order valence-corrected chi connectivity index (χ1v) is 8.61. The molecule has 2 aliphatic rings. The Hall–Kier alpha value is -0.610.